The van der Waals surface area contributed by atoms with Crippen molar-refractivity contribution in [3.63, 3.8) is 0 Å². The summed E-state index contributed by atoms with van der Waals surface area (Å²) in [5, 5.41) is -0.295. The van der Waals surface area contributed by atoms with E-state index in [0.717, 1.165) is 25.7 Å². The van der Waals surface area contributed by atoms with Gasteiger partial charge in [-0.05, 0) is 44.6 Å². The van der Waals surface area contributed by atoms with Crippen molar-refractivity contribution in [2.45, 2.75) is 30.7 Å². The second kappa shape index (κ2) is 6.48. The number of rotatable bonds is 4. The van der Waals surface area contributed by atoms with Crippen LogP contribution in [0.5, 0.6) is 0 Å². The minimum Gasteiger partial charge on any atom is -0.399 e. The van der Waals surface area contributed by atoms with Crippen LogP contribution < -0.4 is 10.5 Å². The Morgan fingerprint density at radius 2 is 2.05 bits per heavy atom. The van der Waals surface area contributed by atoms with Crippen molar-refractivity contribution in [3.8, 4) is 0 Å². The van der Waals surface area contributed by atoms with E-state index >= 15 is 0 Å². The molecule has 1 aromatic rings. The third-order valence-corrected chi connectivity index (χ3v) is 5.46. The lowest BCUT2D eigenvalue weighted by molar-refractivity contribution is 0.217. The van der Waals surface area contributed by atoms with Crippen LogP contribution in [0.4, 0.5) is 10.1 Å². The fourth-order valence-corrected chi connectivity index (χ4v) is 4.15. The zero-order valence-electron chi connectivity index (χ0n) is 11.8. The third-order valence-electron chi connectivity index (χ3n) is 3.66. The maximum Gasteiger partial charge on any atom is 0.243 e. The van der Waals surface area contributed by atoms with Crippen molar-refractivity contribution < 1.29 is 12.8 Å². The summed E-state index contributed by atoms with van der Waals surface area (Å²) in [5.74, 6) is -0.968. The summed E-state index contributed by atoms with van der Waals surface area (Å²) in [7, 11) is -3.97. The molecule has 0 bridgehead atoms. The highest BCUT2D eigenvalue weighted by Gasteiger charge is 2.27. The normalized spacial score (nSPS) is 18.0. The van der Waals surface area contributed by atoms with E-state index in [0.29, 0.717) is 12.8 Å². The van der Waals surface area contributed by atoms with Crippen LogP contribution in [-0.4, -0.2) is 39.0 Å². The molecule has 0 amide bonds. The minimum absolute atomic E-state index is 0.113. The fourth-order valence-electron chi connectivity index (χ4n) is 2.43. The molecule has 1 fully saturated rings. The number of nitrogens with two attached hydrogens (primary N) is 1. The van der Waals surface area contributed by atoms with Gasteiger partial charge in [-0.3, -0.25) is 0 Å². The Balaban J connectivity index is 2.16. The van der Waals surface area contributed by atoms with Crippen LogP contribution in [0.3, 0.4) is 0 Å². The van der Waals surface area contributed by atoms with Crippen LogP contribution in [0, 0.1) is 5.82 Å². The quantitative estimate of drug-likeness (QED) is 0.823. The van der Waals surface area contributed by atoms with Gasteiger partial charge in [0.2, 0.25) is 10.0 Å². The van der Waals surface area contributed by atoms with E-state index in [1.807, 2.05) is 0 Å². The number of sulfonamides is 1. The van der Waals surface area contributed by atoms with Crippen molar-refractivity contribution in [2.75, 3.05) is 25.4 Å². The van der Waals surface area contributed by atoms with Crippen molar-refractivity contribution >= 4 is 27.3 Å². The van der Waals surface area contributed by atoms with Crippen LogP contribution in [0.1, 0.15) is 19.8 Å². The molecule has 0 aromatic heterocycles. The van der Waals surface area contributed by atoms with E-state index in [9.17, 15) is 12.8 Å². The first-order valence-electron chi connectivity index (χ1n) is 6.82. The number of halogens is 2. The van der Waals surface area contributed by atoms with Gasteiger partial charge in [0, 0.05) is 11.7 Å². The Kier molecular flexibility index (Phi) is 5.08. The molecule has 2 rings (SSSR count). The molecule has 1 aliphatic heterocycles. The summed E-state index contributed by atoms with van der Waals surface area (Å²) in [6.07, 6.45) is 1.40. The molecule has 0 unspecified atom stereocenters. The van der Waals surface area contributed by atoms with E-state index in [4.69, 9.17) is 17.3 Å². The van der Waals surface area contributed by atoms with Gasteiger partial charge in [0.05, 0.1) is 5.02 Å². The Morgan fingerprint density at radius 1 is 1.43 bits per heavy atom. The third kappa shape index (κ3) is 3.85. The SMILES string of the molecule is CCN1CCC(NS(=O)(=O)c2cc(N)cc(Cl)c2F)CC1. The van der Waals surface area contributed by atoms with Gasteiger partial charge in [0.1, 0.15) is 4.90 Å². The monoisotopic (exact) mass is 335 g/mol. The maximum absolute atomic E-state index is 13.9. The number of nitrogen functional groups attached to an aromatic ring is 1. The molecule has 21 heavy (non-hydrogen) atoms. The number of piperidine rings is 1. The molecular weight excluding hydrogens is 317 g/mol. The molecule has 3 N–H and O–H groups in total. The number of hydrogen-bond donors (Lipinski definition) is 2. The van der Waals surface area contributed by atoms with E-state index in [2.05, 4.69) is 16.5 Å². The molecule has 0 radical (unpaired) electrons. The van der Waals surface area contributed by atoms with Crippen molar-refractivity contribution in [2.24, 2.45) is 0 Å². The maximum atomic E-state index is 13.9. The number of hydrogen-bond acceptors (Lipinski definition) is 4. The van der Waals surface area contributed by atoms with Crippen molar-refractivity contribution in [3.05, 3.63) is 23.0 Å². The summed E-state index contributed by atoms with van der Waals surface area (Å²) in [5.41, 5.74) is 5.66. The molecule has 5 nitrogen and oxygen atoms in total. The van der Waals surface area contributed by atoms with E-state index in [-0.39, 0.29) is 16.8 Å². The van der Waals surface area contributed by atoms with Crippen molar-refractivity contribution in [1.82, 2.24) is 9.62 Å². The van der Waals surface area contributed by atoms with Crippen LogP contribution in [0.15, 0.2) is 17.0 Å². The lowest BCUT2D eigenvalue weighted by atomic mass is 10.1. The standard InChI is InChI=1S/C13H19ClFN3O2S/c1-2-18-5-3-10(4-6-18)17-21(19,20)12-8-9(16)7-11(14)13(12)15/h7-8,10,17H,2-6,16H2,1H3. The van der Waals surface area contributed by atoms with E-state index < -0.39 is 20.7 Å². The lowest BCUT2D eigenvalue weighted by Crippen LogP contribution is -2.44. The van der Waals surface area contributed by atoms with Gasteiger partial charge in [-0.2, -0.15) is 0 Å². The minimum atomic E-state index is -3.97. The first kappa shape index (κ1) is 16.5. The Hall–Kier alpha value is -0.890. The number of nitrogens with one attached hydrogen (secondary N) is 1. The highest BCUT2D eigenvalue weighted by molar-refractivity contribution is 7.89. The average molecular weight is 336 g/mol. The summed E-state index contributed by atoms with van der Waals surface area (Å²) in [6.45, 7) is 4.65. The van der Waals surface area contributed by atoms with Gasteiger partial charge in [-0.1, -0.05) is 18.5 Å². The highest BCUT2D eigenvalue weighted by atomic mass is 35.5. The Labute approximate surface area is 129 Å². The zero-order valence-corrected chi connectivity index (χ0v) is 13.3. The molecule has 0 spiro atoms. The molecule has 1 aromatic carbocycles. The predicted molar refractivity (Wildman–Crippen MR) is 81.3 cm³/mol. The highest BCUT2D eigenvalue weighted by Crippen LogP contribution is 2.26. The molecule has 0 atom stereocenters. The summed E-state index contributed by atoms with van der Waals surface area (Å²) in [6, 6.07) is 2.08. The number of likely N-dealkylation sites (tertiary alicyclic amines) is 1. The van der Waals surface area contributed by atoms with Crippen LogP contribution in [0.25, 0.3) is 0 Å². The van der Waals surface area contributed by atoms with Gasteiger partial charge in [0.25, 0.3) is 0 Å². The van der Waals surface area contributed by atoms with Crippen LogP contribution >= 0.6 is 11.6 Å². The van der Waals surface area contributed by atoms with E-state index in [1.54, 1.807) is 0 Å². The van der Waals surface area contributed by atoms with Gasteiger partial charge >= 0.3 is 0 Å². The van der Waals surface area contributed by atoms with Gasteiger partial charge in [0.15, 0.2) is 5.82 Å². The summed E-state index contributed by atoms with van der Waals surface area (Å²) >= 11 is 5.65. The molecular formula is C13H19ClFN3O2S. The molecule has 118 valence electrons. The largest absolute Gasteiger partial charge is 0.399 e. The molecule has 1 aliphatic rings. The van der Waals surface area contributed by atoms with E-state index in [1.165, 1.54) is 6.07 Å². The van der Waals surface area contributed by atoms with Gasteiger partial charge < -0.3 is 10.6 Å². The molecule has 1 saturated heterocycles. The second-order valence-electron chi connectivity index (χ2n) is 5.14. The lowest BCUT2D eigenvalue weighted by Gasteiger charge is -2.31. The average Bonchev–Trinajstić information content (AvgIpc) is 2.43. The summed E-state index contributed by atoms with van der Waals surface area (Å²) in [4.78, 5) is 1.74. The Morgan fingerprint density at radius 3 is 2.62 bits per heavy atom. The first-order chi connectivity index (χ1) is 9.83. The number of benzene rings is 1. The molecule has 0 saturated carbocycles. The molecule has 8 heteroatoms. The fraction of sp³-hybridized carbons (Fsp3) is 0.538. The topological polar surface area (TPSA) is 75.4 Å². The number of anilines is 1. The Bertz CT molecular complexity index is 616. The smallest absolute Gasteiger partial charge is 0.243 e. The van der Waals surface area contributed by atoms with Crippen LogP contribution in [-0.2, 0) is 10.0 Å². The summed E-state index contributed by atoms with van der Waals surface area (Å²) < 4.78 is 41.1. The zero-order chi connectivity index (χ0) is 15.6. The van der Waals surface area contributed by atoms with Gasteiger partial charge in [-0.15, -0.1) is 0 Å². The van der Waals surface area contributed by atoms with Gasteiger partial charge in [-0.25, -0.2) is 17.5 Å². The van der Waals surface area contributed by atoms with Crippen LogP contribution in [0.2, 0.25) is 5.02 Å². The second-order valence-corrected chi connectivity index (χ2v) is 7.23. The number of nitrogens with zero attached hydrogens (tertiary/aromatic N) is 1. The molecule has 1 heterocycles. The molecule has 0 aliphatic carbocycles. The van der Waals surface area contributed by atoms with Crippen molar-refractivity contribution in [1.29, 1.82) is 0 Å². The first-order valence-corrected chi connectivity index (χ1v) is 8.69. The predicted octanol–water partition coefficient (Wildman–Crippen LogP) is 1.82.